The number of amides is 3. The Balaban J connectivity index is 2.87. The van der Waals surface area contributed by atoms with Crippen molar-refractivity contribution in [1.29, 1.82) is 0 Å². The summed E-state index contributed by atoms with van der Waals surface area (Å²) in [5.74, 6) is -1.32. The lowest BCUT2D eigenvalue weighted by Gasteiger charge is -2.27. The number of imide groups is 1. The van der Waals surface area contributed by atoms with Gasteiger partial charge in [-0.15, -0.1) is 0 Å². The van der Waals surface area contributed by atoms with Crippen LogP contribution in [0.25, 0.3) is 0 Å². The van der Waals surface area contributed by atoms with E-state index in [4.69, 9.17) is 5.11 Å². The summed E-state index contributed by atoms with van der Waals surface area (Å²) in [7, 11) is 2.90. The van der Waals surface area contributed by atoms with E-state index < -0.39 is 17.5 Å². The van der Waals surface area contributed by atoms with E-state index in [0.717, 1.165) is 4.90 Å². The number of hydrogen-bond acceptors (Lipinski definition) is 3. The molecule has 1 heterocycles. The van der Waals surface area contributed by atoms with Crippen molar-refractivity contribution in [3.05, 3.63) is 0 Å². The summed E-state index contributed by atoms with van der Waals surface area (Å²) in [6, 6.07) is -0.395. The zero-order chi connectivity index (χ0) is 11.8. The molecule has 3 amide bonds. The van der Waals surface area contributed by atoms with Crippen molar-refractivity contribution in [2.24, 2.45) is 0 Å². The standard InChI is InChI=1S/C9H14N2O4/c1-9(5-4-6(12)13)7(14)10(2)8(15)11(9)3/h4-5H2,1-3H3,(H,12,13). The fourth-order valence-corrected chi connectivity index (χ4v) is 1.65. The van der Waals surface area contributed by atoms with Crippen LogP contribution in [0, 0.1) is 0 Å². The molecule has 0 aliphatic carbocycles. The highest BCUT2D eigenvalue weighted by Gasteiger charge is 2.50. The monoisotopic (exact) mass is 214 g/mol. The molecule has 0 aromatic carbocycles. The summed E-state index contributed by atoms with van der Waals surface area (Å²) in [6.07, 6.45) is 0.00144. The summed E-state index contributed by atoms with van der Waals surface area (Å²) in [5.41, 5.74) is -1.02. The molecule has 1 unspecified atom stereocenters. The maximum atomic E-state index is 11.7. The fraction of sp³-hybridized carbons (Fsp3) is 0.667. The molecule has 0 aromatic heterocycles. The van der Waals surface area contributed by atoms with Crippen LogP contribution in [0.1, 0.15) is 19.8 Å². The molecule has 0 saturated carbocycles. The van der Waals surface area contributed by atoms with Gasteiger partial charge in [0.1, 0.15) is 5.54 Å². The minimum atomic E-state index is -1.02. The quantitative estimate of drug-likeness (QED) is 0.677. The lowest BCUT2D eigenvalue weighted by Crippen LogP contribution is -2.45. The lowest BCUT2D eigenvalue weighted by molar-refractivity contribution is -0.138. The third-order valence-electron chi connectivity index (χ3n) is 2.91. The van der Waals surface area contributed by atoms with Crippen LogP contribution >= 0.6 is 0 Å². The minimum absolute atomic E-state index is 0.131. The van der Waals surface area contributed by atoms with Gasteiger partial charge in [0, 0.05) is 20.5 Å². The zero-order valence-corrected chi connectivity index (χ0v) is 8.98. The van der Waals surface area contributed by atoms with Crippen LogP contribution in [0.4, 0.5) is 4.79 Å². The average Bonchev–Trinajstić information content (AvgIpc) is 2.32. The molecule has 1 aliphatic heterocycles. The van der Waals surface area contributed by atoms with E-state index in [9.17, 15) is 14.4 Å². The molecule has 15 heavy (non-hydrogen) atoms. The SMILES string of the molecule is CN1C(=O)N(C)C(C)(CCC(=O)O)C1=O. The number of hydrogen-bond donors (Lipinski definition) is 1. The van der Waals surface area contributed by atoms with Crippen molar-refractivity contribution in [1.82, 2.24) is 9.80 Å². The third kappa shape index (κ3) is 1.67. The number of urea groups is 1. The first-order valence-corrected chi connectivity index (χ1v) is 4.58. The highest BCUT2D eigenvalue weighted by atomic mass is 16.4. The normalized spacial score (nSPS) is 26.3. The first kappa shape index (κ1) is 11.5. The molecule has 0 radical (unpaired) electrons. The van der Waals surface area contributed by atoms with Crippen molar-refractivity contribution in [2.75, 3.05) is 14.1 Å². The number of carboxylic acids is 1. The molecule has 1 atom stereocenters. The minimum Gasteiger partial charge on any atom is -0.481 e. The van der Waals surface area contributed by atoms with Gasteiger partial charge in [-0.3, -0.25) is 14.5 Å². The van der Waals surface area contributed by atoms with Crippen LogP contribution in [-0.2, 0) is 9.59 Å². The summed E-state index contributed by atoms with van der Waals surface area (Å²) in [6.45, 7) is 1.58. The molecule has 0 spiro atoms. The van der Waals surface area contributed by atoms with Gasteiger partial charge in [-0.2, -0.15) is 0 Å². The Morgan fingerprint density at radius 3 is 2.27 bits per heavy atom. The molecule has 1 N–H and O–H groups in total. The van der Waals surface area contributed by atoms with Crippen molar-refractivity contribution >= 4 is 17.9 Å². The van der Waals surface area contributed by atoms with E-state index in [1.165, 1.54) is 19.0 Å². The molecule has 1 fully saturated rings. The molecule has 1 aliphatic rings. The molecule has 84 valence electrons. The Morgan fingerprint density at radius 1 is 1.40 bits per heavy atom. The van der Waals surface area contributed by atoms with E-state index in [1.807, 2.05) is 0 Å². The summed E-state index contributed by atoms with van der Waals surface area (Å²) >= 11 is 0. The topological polar surface area (TPSA) is 77.9 Å². The van der Waals surface area contributed by atoms with Gasteiger partial charge in [-0.25, -0.2) is 4.79 Å². The highest BCUT2D eigenvalue weighted by Crippen LogP contribution is 2.29. The van der Waals surface area contributed by atoms with Gasteiger partial charge in [0.2, 0.25) is 0 Å². The summed E-state index contributed by atoms with van der Waals surface area (Å²) in [4.78, 5) is 35.9. The van der Waals surface area contributed by atoms with Crippen LogP contribution in [0.5, 0.6) is 0 Å². The molecule has 0 bridgehead atoms. The first-order chi connectivity index (χ1) is 6.80. The van der Waals surface area contributed by atoms with Gasteiger partial charge in [-0.1, -0.05) is 0 Å². The number of rotatable bonds is 3. The van der Waals surface area contributed by atoms with Crippen LogP contribution < -0.4 is 0 Å². The lowest BCUT2D eigenvalue weighted by atomic mass is 9.94. The van der Waals surface area contributed by atoms with Gasteiger partial charge < -0.3 is 10.0 Å². The number of carbonyl (C=O) groups is 3. The largest absolute Gasteiger partial charge is 0.481 e. The average molecular weight is 214 g/mol. The van der Waals surface area contributed by atoms with Crippen LogP contribution in [0.2, 0.25) is 0 Å². The van der Waals surface area contributed by atoms with Crippen LogP contribution in [0.3, 0.4) is 0 Å². The van der Waals surface area contributed by atoms with Crippen LogP contribution in [-0.4, -0.2) is 52.4 Å². The number of nitrogens with zero attached hydrogens (tertiary/aromatic N) is 2. The highest BCUT2D eigenvalue weighted by molar-refractivity contribution is 6.06. The molecule has 0 aromatic rings. The maximum Gasteiger partial charge on any atom is 0.327 e. The Hall–Kier alpha value is -1.59. The Kier molecular flexibility index (Phi) is 2.70. The summed E-state index contributed by atoms with van der Waals surface area (Å²) < 4.78 is 0. The molecular formula is C9H14N2O4. The van der Waals surface area contributed by atoms with Gasteiger partial charge >= 0.3 is 12.0 Å². The number of carbonyl (C=O) groups excluding carboxylic acids is 2. The molecule has 1 saturated heterocycles. The molecule has 6 heteroatoms. The molecule has 1 rings (SSSR count). The maximum absolute atomic E-state index is 11.7. The zero-order valence-electron chi connectivity index (χ0n) is 8.98. The van der Waals surface area contributed by atoms with Gasteiger partial charge in [0.15, 0.2) is 0 Å². The third-order valence-corrected chi connectivity index (χ3v) is 2.91. The van der Waals surface area contributed by atoms with E-state index in [0.29, 0.717) is 0 Å². The number of likely N-dealkylation sites (N-methyl/N-ethyl adjacent to an activating group) is 2. The van der Waals surface area contributed by atoms with Crippen molar-refractivity contribution in [2.45, 2.75) is 25.3 Å². The summed E-state index contributed by atoms with van der Waals surface area (Å²) in [5, 5.41) is 8.56. The molecule has 6 nitrogen and oxygen atoms in total. The Labute approximate surface area is 87.5 Å². The smallest absolute Gasteiger partial charge is 0.327 e. The first-order valence-electron chi connectivity index (χ1n) is 4.58. The van der Waals surface area contributed by atoms with E-state index in [-0.39, 0.29) is 18.7 Å². The van der Waals surface area contributed by atoms with Crippen molar-refractivity contribution in [3.63, 3.8) is 0 Å². The second-order valence-corrected chi connectivity index (χ2v) is 3.87. The van der Waals surface area contributed by atoms with Crippen molar-refractivity contribution < 1.29 is 19.5 Å². The Bertz CT molecular complexity index is 328. The second kappa shape index (κ2) is 3.52. The second-order valence-electron chi connectivity index (χ2n) is 3.87. The Morgan fingerprint density at radius 2 is 1.93 bits per heavy atom. The van der Waals surface area contributed by atoms with Gasteiger partial charge in [0.25, 0.3) is 5.91 Å². The van der Waals surface area contributed by atoms with E-state index in [2.05, 4.69) is 0 Å². The van der Waals surface area contributed by atoms with E-state index >= 15 is 0 Å². The predicted molar refractivity (Wildman–Crippen MR) is 51.2 cm³/mol. The fourth-order valence-electron chi connectivity index (χ4n) is 1.65. The van der Waals surface area contributed by atoms with Crippen molar-refractivity contribution in [3.8, 4) is 0 Å². The van der Waals surface area contributed by atoms with Gasteiger partial charge in [-0.05, 0) is 13.3 Å². The van der Waals surface area contributed by atoms with Crippen LogP contribution in [0.15, 0.2) is 0 Å². The van der Waals surface area contributed by atoms with E-state index in [1.54, 1.807) is 6.92 Å². The number of aliphatic carboxylic acids is 1. The molecular weight excluding hydrogens is 200 g/mol. The van der Waals surface area contributed by atoms with Gasteiger partial charge in [0.05, 0.1) is 0 Å². The number of carboxylic acid groups (broad SMARTS) is 1. The predicted octanol–water partition coefficient (Wildman–Crippen LogP) is 0.134.